The van der Waals surface area contributed by atoms with Crippen LogP contribution in [0.4, 0.5) is 10.1 Å². The maximum absolute atomic E-state index is 13.0. The Balaban J connectivity index is 1.93. The number of carbonyl (C=O) groups excluding carboxylic acids is 1. The van der Waals surface area contributed by atoms with Gasteiger partial charge in [0.25, 0.3) is 0 Å². The Bertz CT molecular complexity index is 521. The molecule has 0 spiro atoms. The fourth-order valence-corrected chi connectivity index (χ4v) is 2.77. The number of halogens is 1. The zero-order chi connectivity index (χ0) is 17.0. The minimum absolute atomic E-state index is 0.154. The van der Waals surface area contributed by atoms with E-state index in [9.17, 15) is 9.18 Å². The Kier molecular flexibility index (Phi) is 5.66. The van der Waals surface area contributed by atoms with Gasteiger partial charge in [0.1, 0.15) is 5.82 Å². The fraction of sp³-hybridized carbons (Fsp3) is 0.632. The van der Waals surface area contributed by atoms with E-state index in [0.29, 0.717) is 12.3 Å². The normalized spacial score (nSPS) is 17.8. The molecule has 1 atom stereocenters. The average Bonchev–Trinajstić information content (AvgIpc) is 2.73. The lowest BCUT2D eigenvalue weighted by molar-refractivity contribution is -0.132. The predicted molar refractivity (Wildman–Crippen MR) is 93.0 cm³/mol. The van der Waals surface area contributed by atoms with Gasteiger partial charge in [-0.3, -0.25) is 4.79 Å². The largest absolute Gasteiger partial charge is 0.370 e. The van der Waals surface area contributed by atoms with Gasteiger partial charge in [0.05, 0.1) is 0 Å². The zero-order valence-corrected chi connectivity index (χ0v) is 14.8. The van der Waals surface area contributed by atoms with Gasteiger partial charge in [0.2, 0.25) is 5.91 Å². The molecule has 0 bridgehead atoms. The second-order valence-corrected chi connectivity index (χ2v) is 7.67. The average molecular weight is 320 g/mol. The summed E-state index contributed by atoms with van der Waals surface area (Å²) in [5.41, 5.74) is 1.19. The van der Waals surface area contributed by atoms with E-state index in [4.69, 9.17) is 0 Å². The van der Waals surface area contributed by atoms with Crippen LogP contribution in [-0.4, -0.2) is 37.0 Å². The highest BCUT2D eigenvalue weighted by molar-refractivity contribution is 5.76. The van der Waals surface area contributed by atoms with Gasteiger partial charge in [-0.2, -0.15) is 0 Å². The highest BCUT2D eigenvalue weighted by atomic mass is 19.1. The molecule has 23 heavy (non-hydrogen) atoms. The van der Waals surface area contributed by atoms with E-state index in [1.807, 2.05) is 17.0 Å². The molecule has 1 heterocycles. The van der Waals surface area contributed by atoms with Crippen molar-refractivity contribution in [2.75, 3.05) is 31.1 Å². The van der Waals surface area contributed by atoms with Crippen molar-refractivity contribution in [3.63, 3.8) is 0 Å². The predicted octanol–water partition coefficient (Wildman–Crippen LogP) is 3.94. The first-order valence-electron chi connectivity index (χ1n) is 8.55. The second-order valence-electron chi connectivity index (χ2n) is 7.67. The zero-order valence-electron chi connectivity index (χ0n) is 14.8. The molecule has 4 heteroatoms. The summed E-state index contributed by atoms with van der Waals surface area (Å²) >= 11 is 0. The number of amides is 1. The van der Waals surface area contributed by atoms with Crippen LogP contribution in [0, 0.1) is 17.2 Å². The maximum Gasteiger partial charge on any atom is 0.222 e. The highest BCUT2D eigenvalue weighted by Gasteiger charge is 2.26. The van der Waals surface area contributed by atoms with Crippen molar-refractivity contribution in [3.8, 4) is 0 Å². The van der Waals surface area contributed by atoms with Crippen molar-refractivity contribution < 1.29 is 9.18 Å². The molecule has 0 N–H and O–H groups in total. The van der Waals surface area contributed by atoms with Crippen molar-refractivity contribution in [1.29, 1.82) is 0 Å². The smallest absolute Gasteiger partial charge is 0.222 e. The lowest BCUT2D eigenvalue weighted by atomic mass is 9.80. The first-order valence-corrected chi connectivity index (χ1v) is 8.55. The Morgan fingerprint density at radius 1 is 1.13 bits per heavy atom. The number of anilines is 1. The van der Waals surface area contributed by atoms with E-state index in [1.165, 1.54) is 12.1 Å². The number of rotatable bonds is 3. The van der Waals surface area contributed by atoms with Crippen molar-refractivity contribution >= 4 is 11.6 Å². The number of benzene rings is 1. The third kappa shape index (κ3) is 4.95. The van der Waals surface area contributed by atoms with Gasteiger partial charge in [-0.05, 0) is 42.0 Å². The van der Waals surface area contributed by atoms with Crippen LogP contribution in [0.15, 0.2) is 24.3 Å². The summed E-state index contributed by atoms with van der Waals surface area (Å²) in [6.45, 7) is 12.0. The maximum atomic E-state index is 13.0. The molecule has 3 nitrogen and oxygen atoms in total. The van der Waals surface area contributed by atoms with Crippen molar-refractivity contribution in [2.45, 2.75) is 40.5 Å². The van der Waals surface area contributed by atoms with Crippen LogP contribution in [0.2, 0.25) is 0 Å². The number of nitrogens with zero attached hydrogens (tertiary/aromatic N) is 2. The van der Waals surface area contributed by atoms with Crippen LogP contribution < -0.4 is 4.90 Å². The van der Waals surface area contributed by atoms with Gasteiger partial charge in [-0.1, -0.05) is 27.7 Å². The molecule has 2 rings (SSSR count). The van der Waals surface area contributed by atoms with Gasteiger partial charge < -0.3 is 9.80 Å². The first-order chi connectivity index (χ1) is 10.8. The quantitative estimate of drug-likeness (QED) is 0.842. The van der Waals surface area contributed by atoms with E-state index >= 15 is 0 Å². The monoisotopic (exact) mass is 320 g/mol. The molecule has 1 aliphatic rings. The Hall–Kier alpha value is -1.58. The molecule has 1 aromatic carbocycles. The summed E-state index contributed by atoms with van der Waals surface area (Å²) in [7, 11) is 0. The molecular weight excluding hydrogens is 291 g/mol. The second kappa shape index (κ2) is 7.33. The summed E-state index contributed by atoms with van der Waals surface area (Å²) in [6.07, 6.45) is 1.56. The minimum atomic E-state index is -0.212. The van der Waals surface area contributed by atoms with Crippen molar-refractivity contribution in [2.24, 2.45) is 11.3 Å². The molecule has 1 fully saturated rings. The third-order valence-corrected chi connectivity index (χ3v) is 5.00. The summed E-state index contributed by atoms with van der Waals surface area (Å²) in [5, 5.41) is 0. The van der Waals surface area contributed by atoms with E-state index in [2.05, 4.69) is 32.6 Å². The van der Waals surface area contributed by atoms with Crippen LogP contribution in [0.25, 0.3) is 0 Å². The van der Waals surface area contributed by atoms with Gasteiger partial charge in [0.15, 0.2) is 0 Å². The fourth-order valence-electron chi connectivity index (χ4n) is 2.77. The molecule has 0 saturated carbocycles. The Labute approximate surface area is 139 Å². The molecule has 0 aliphatic carbocycles. The van der Waals surface area contributed by atoms with E-state index in [1.54, 1.807) is 0 Å². The van der Waals surface area contributed by atoms with Crippen molar-refractivity contribution in [1.82, 2.24) is 4.90 Å². The van der Waals surface area contributed by atoms with Gasteiger partial charge in [0, 0.05) is 38.3 Å². The molecule has 128 valence electrons. The first kappa shape index (κ1) is 17.8. The SMILES string of the molecule is CC(CC(=O)N1CCCN(c2ccc(F)cc2)CC1)C(C)(C)C. The van der Waals surface area contributed by atoms with E-state index in [-0.39, 0.29) is 17.1 Å². The number of hydrogen-bond acceptors (Lipinski definition) is 2. The minimum Gasteiger partial charge on any atom is -0.370 e. The lowest BCUT2D eigenvalue weighted by Crippen LogP contribution is -2.37. The van der Waals surface area contributed by atoms with E-state index < -0.39 is 0 Å². The van der Waals surface area contributed by atoms with Crippen LogP contribution in [0.1, 0.15) is 40.5 Å². The van der Waals surface area contributed by atoms with Crippen LogP contribution in [0.5, 0.6) is 0 Å². The molecule has 0 aromatic heterocycles. The number of hydrogen-bond donors (Lipinski definition) is 0. The van der Waals surface area contributed by atoms with Gasteiger partial charge in [-0.15, -0.1) is 0 Å². The third-order valence-electron chi connectivity index (χ3n) is 5.00. The molecule has 1 unspecified atom stereocenters. The molecule has 1 saturated heterocycles. The van der Waals surface area contributed by atoms with Crippen LogP contribution >= 0.6 is 0 Å². The molecule has 1 amide bonds. The van der Waals surface area contributed by atoms with Crippen LogP contribution in [-0.2, 0) is 4.79 Å². The lowest BCUT2D eigenvalue weighted by Gasteiger charge is -2.29. The summed E-state index contributed by atoms with van der Waals surface area (Å²) < 4.78 is 13.0. The molecular formula is C19H29FN2O. The van der Waals surface area contributed by atoms with Gasteiger partial charge >= 0.3 is 0 Å². The molecule has 1 aliphatic heterocycles. The molecule has 1 aromatic rings. The summed E-state index contributed by atoms with van der Waals surface area (Å²) in [5.74, 6) is 0.413. The number of carbonyl (C=O) groups is 1. The van der Waals surface area contributed by atoms with Crippen LogP contribution in [0.3, 0.4) is 0 Å². The highest BCUT2D eigenvalue weighted by Crippen LogP contribution is 2.28. The standard InChI is InChI=1S/C19H29FN2O/c1-15(19(2,3)4)14-18(23)22-11-5-10-21(12-13-22)17-8-6-16(20)7-9-17/h6-9,15H,5,10-14H2,1-4H3. The Morgan fingerprint density at radius 2 is 1.78 bits per heavy atom. The topological polar surface area (TPSA) is 23.6 Å². The van der Waals surface area contributed by atoms with Gasteiger partial charge in [-0.25, -0.2) is 4.39 Å². The molecule has 0 radical (unpaired) electrons. The Morgan fingerprint density at radius 3 is 2.39 bits per heavy atom. The summed E-state index contributed by atoms with van der Waals surface area (Å²) in [6, 6.07) is 6.62. The van der Waals surface area contributed by atoms with E-state index in [0.717, 1.165) is 38.3 Å². The van der Waals surface area contributed by atoms with Crippen molar-refractivity contribution in [3.05, 3.63) is 30.1 Å². The summed E-state index contributed by atoms with van der Waals surface area (Å²) in [4.78, 5) is 16.8.